The molecule has 0 bridgehead atoms. The first-order chi connectivity index (χ1) is 9.96. The lowest BCUT2D eigenvalue weighted by Gasteiger charge is -2.08. The van der Waals surface area contributed by atoms with E-state index in [1.54, 1.807) is 18.2 Å². The number of thioether (sulfide) groups is 1. The third kappa shape index (κ3) is 4.91. The Morgan fingerprint density at radius 2 is 2.14 bits per heavy atom. The fourth-order valence-corrected chi connectivity index (χ4v) is 3.99. The normalized spacial score (nSPS) is 11.3. The number of nitrogen functional groups attached to an aromatic ring is 1. The second-order valence-electron chi connectivity index (χ2n) is 4.20. The zero-order valence-corrected chi connectivity index (χ0v) is 12.6. The highest BCUT2D eigenvalue weighted by atomic mass is 32.2. The summed E-state index contributed by atoms with van der Waals surface area (Å²) in [7, 11) is -3.61. The molecule has 0 amide bonds. The highest BCUT2D eigenvalue weighted by Gasteiger charge is 2.13. The number of nitrogens with two attached hydrogens (primary N) is 1. The molecule has 1 heterocycles. The maximum Gasteiger partial charge on any atom is 0.233 e. The Labute approximate surface area is 126 Å². The van der Waals surface area contributed by atoms with Crippen molar-refractivity contribution < 1.29 is 12.8 Å². The van der Waals surface area contributed by atoms with Crippen LogP contribution in [0.1, 0.15) is 0 Å². The molecule has 3 N–H and O–H groups in total. The molecule has 2 aromatic rings. The largest absolute Gasteiger partial charge is 0.399 e. The second kappa shape index (κ2) is 6.77. The van der Waals surface area contributed by atoms with Gasteiger partial charge in [-0.3, -0.25) is 9.71 Å². The zero-order valence-electron chi connectivity index (χ0n) is 11.0. The number of pyridine rings is 1. The van der Waals surface area contributed by atoms with Crippen molar-refractivity contribution in [2.75, 3.05) is 22.0 Å². The van der Waals surface area contributed by atoms with Crippen molar-refractivity contribution in [2.45, 2.75) is 4.90 Å². The molecule has 0 aliphatic heterocycles. The molecule has 0 saturated carbocycles. The van der Waals surface area contributed by atoms with E-state index < -0.39 is 15.8 Å². The first kappa shape index (κ1) is 15.6. The quantitative estimate of drug-likeness (QED) is 0.628. The van der Waals surface area contributed by atoms with Crippen molar-refractivity contribution in [3.63, 3.8) is 0 Å². The summed E-state index contributed by atoms with van der Waals surface area (Å²) < 4.78 is 39.3. The summed E-state index contributed by atoms with van der Waals surface area (Å²) in [6.45, 7) is 0. The van der Waals surface area contributed by atoms with E-state index in [0.717, 1.165) is 11.1 Å². The van der Waals surface area contributed by atoms with E-state index >= 15 is 0 Å². The van der Waals surface area contributed by atoms with Crippen LogP contribution in [0.3, 0.4) is 0 Å². The van der Waals surface area contributed by atoms with Crippen molar-refractivity contribution >= 4 is 33.2 Å². The number of hydrogen-bond donors (Lipinski definition) is 2. The van der Waals surface area contributed by atoms with E-state index in [-0.39, 0.29) is 11.4 Å². The van der Waals surface area contributed by atoms with Gasteiger partial charge in [-0.05, 0) is 24.3 Å². The van der Waals surface area contributed by atoms with Gasteiger partial charge in [0, 0.05) is 22.5 Å². The average molecular weight is 327 g/mol. The van der Waals surface area contributed by atoms with Gasteiger partial charge < -0.3 is 5.73 Å². The maximum atomic E-state index is 13.3. The molecule has 0 fully saturated rings. The molecule has 0 aliphatic carbocycles. The van der Waals surface area contributed by atoms with Crippen LogP contribution in [0.25, 0.3) is 0 Å². The number of halogens is 1. The smallest absolute Gasteiger partial charge is 0.233 e. The predicted molar refractivity (Wildman–Crippen MR) is 83.2 cm³/mol. The first-order valence-corrected chi connectivity index (χ1v) is 8.68. The molecule has 5 nitrogen and oxygen atoms in total. The van der Waals surface area contributed by atoms with Gasteiger partial charge in [-0.1, -0.05) is 6.07 Å². The molecule has 1 aromatic heterocycles. The summed E-state index contributed by atoms with van der Waals surface area (Å²) >= 11 is 1.37. The van der Waals surface area contributed by atoms with Crippen LogP contribution in [0.2, 0.25) is 0 Å². The van der Waals surface area contributed by atoms with Crippen LogP contribution < -0.4 is 10.5 Å². The molecule has 0 atom stereocenters. The van der Waals surface area contributed by atoms with Crippen LogP contribution in [0.5, 0.6) is 0 Å². The topological polar surface area (TPSA) is 85.1 Å². The van der Waals surface area contributed by atoms with Gasteiger partial charge in [-0.15, -0.1) is 11.8 Å². The van der Waals surface area contributed by atoms with Crippen LogP contribution >= 0.6 is 11.8 Å². The van der Waals surface area contributed by atoms with Crippen molar-refractivity contribution in [3.05, 3.63) is 48.5 Å². The van der Waals surface area contributed by atoms with E-state index in [0.29, 0.717) is 11.4 Å². The molecule has 8 heteroatoms. The summed E-state index contributed by atoms with van der Waals surface area (Å²) in [6, 6.07) is 8.46. The number of nitrogens with one attached hydrogen (secondary N) is 1. The molecule has 0 aliphatic rings. The summed E-state index contributed by atoms with van der Waals surface area (Å²) in [5, 5.41) is 0. The first-order valence-electron chi connectivity index (χ1n) is 6.05. The van der Waals surface area contributed by atoms with E-state index in [4.69, 9.17) is 5.73 Å². The van der Waals surface area contributed by atoms with Gasteiger partial charge in [-0.2, -0.15) is 0 Å². The van der Waals surface area contributed by atoms with Gasteiger partial charge in [-0.25, -0.2) is 12.8 Å². The second-order valence-corrected chi connectivity index (χ2v) is 7.21. The Morgan fingerprint density at radius 1 is 1.33 bits per heavy atom. The summed E-state index contributed by atoms with van der Waals surface area (Å²) in [5.41, 5.74) is 6.17. The Bertz CT molecular complexity index is 723. The highest BCUT2D eigenvalue weighted by Crippen LogP contribution is 2.21. The van der Waals surface area contributed by atoms with Crippen LogP contribution in [0.15, 0.2) is 47.6 Å². The zero-order chi connectivity index (χ0) is 15.3. The number of nitrogens with zero attached hydrogens (tertiary/aromatic N) is 1. The monoisotopic (exact) mass is 327 g/mol. The molecule has 0 unspecified atom stereocenters. The minimum absolute atomic E-state index is 0.0982. The number of benzene rings is 1. The molecule has 112 valence electrons. The Hall–Kier alpha value is -1.80. The van der Waals surface area contributed by atoms with Gasteiger partial charge in [0.05, 0.1) is 17.6 Å². The van der Waals surface area contributed by atoms with Crippen LogP contribution in [-0.4, -0.2) is 24.9 Å². The third-order valence-corrected chi connectivity index (χ3v) is 5.04. The van der Waals surface area contributed by atoms with E-state index in [1.165, 1.54) is 24.0 Å². The summed E-state index contributed by atoms with van der Waals surface area (Å²) in [5.74, 6) is -0.496. The summed E-state index contributed by atoms with van der Waals surface area (Å²) in [6.07, 6.45) is 2.28. The molecular formula is C13H14FN3O2S2. The van der Waals surface area contributed by atoms with Gasteiger partial charge in [0.2, 0.25) is 10.0 Å². The molecule has 0 radical (unpaired) electrons. The standard InChI is InChI=1S/C13H14FN3O2S2/c14-12-9-16-5-4-13(12)17-21(18,19)7-6-20-11-3-1-2-10(15)8-11/h1-5,8-9H,6-7,15H2,(H,16,17). The third-order valence-electron chi connectivity index (χ3n) is 2.52. The van der Waals surface area contributed by atoms with E-state index in [1.807, 2.05) is 6.07 Å². The molecule has 1 aromatic carbocycles. The number of hydrogen-bond acceptors (Lipinski definition) is 5. The van der Waals surface area contributed by atoms with Crippen molar-refractivity contribution in [2.24, 2.45) is 0 Å². The Morgan fingerprint density at radius 3 is 2.86 bits per heavy atom. The number of anilines is 2. The number of aromatic nitrogens is 1. The maximum absolute atomic E-state index is 13.3. The fourth-order valence-electron chi connectivity index (χ4n) is 1.55. The Kier molecular flexibility index (Phi) is 5.03. The van der Waals surface area contributed by atoms with Gasteiger partial charge >= 0.3 is 0 Å². The van der Waals surface area contributed by atoms with E-state index in [9.17, 15) is 12.8 Å². The predicted octanol–water partition coefficient (Wildman–Crippen LogP) is 2.34. The lowest BCUT2D eigenvalue weighted by atomic mass is 10.3. The average Bonchev–Trinajstić information content (AvgIpc) is 2.41. The number of sulfonamides is 1. The molecule has 0 saturated heterocycles. The van der Waals surface area contributed by atoms with Gasteiger partial charge in [0.1, 0.15) is 0 Å². The van der Waals surface area contributed by atoms with Crippen molar-refractivity contribution in [3.8, 4) is 0 Å². The SMILES string of the molecule is Nc1cccc(SCCS(=O)(=O)Nc2ccncc2F)c1. The fraction of sp³-hybridized carbons (Fsp3) is 0.154. The van der Waals surface area contributed by atoms with Crippen LogP contribution in [-0.2, 0) is 10.0 Å². The van der Waals surface area contributed by atoms with Gasteiger partial charge in [0.25, 0.3) is 0 Å². The minimum atomic E-state index is -3.61. The van der Waals surface area contributed by atoms with Crippen molar-refractivity contribution in [1.29, 1.82) is 0 Å². The minimum Gasteiger partial charge on any atom is -0.399 e. The van der Waals surface area contributed by atoms with Crippen LogP contribution in [0, 0.1) is 5.82 Å². The lowest BCUT2D eigenvalue weighted by Crippen LogP contribution is -2.18. The number of rotatable bonds is 6. The highest BCUT2D eigenvalue weighted by molar-refractivity contribution is 8.01. The van der Waals surface area contributed by atoms with Gasteiger partial charge in [0.15, 0.2) is 5.82 Å². The van der Waals surface area contributed by atoms with E-state index in [2.05, 4.69) is 9.71 Å². The molecule has 2 rings (SSSR count). The van der Waals surface area contributed by atoms with Crippen LogP contribution in [0.4, 0.5) is 15.8 Å². The Balaban J connectivity index is 1.91. The molecule has 0 spiro atoms. The summed E-state index contributed by atoms with van der Waals surface area (Å²) in [4.78, 5) is 4.45. The molecular weight excluding hydrogens is 313 g/mol. The molecule has 21 heavy (non-hydrogen) atoms. The van der Waals surface area contributed by atoms with Crippen molar-refractivity contribution in [1.82, 2.24) is 4.98 Å². The lowest BCUT2D eigenvalue weighted by molar-refractivity contribution is 0.599.